The summed E-state index contributed by atoms with van der Waals surface area (Å²) in [5.41, 5.74) is 1.58. The summed E-state index contributed by atoms with van der Waals surface area (Å²) in [6.07, 6.45) is -2.03. The molecule has 1 fully saturated rings. The highest BCUT2D eigenvalue weighted by molar-refractivity contribution is 5.77. The number of hydrogen-bond acceptors (Lipinski definition) is 5. The summed E-state index contributed by atoms with van der Waals surface area (Å²) in [6, 6.07) is 14.2. The second-order valence-electron chi connectivity index (χ2n) is 11.0. The molecule has 1 atom stereocenters. The third kappa shape index (κ3) is 5.77. The van der Waals surface area contributed by atoms with Gasteiger partial charge < -0.3 is 19.5 Å². The van der Waals surface area contributed by atoms with Gasteiger partial charge in [0.25, 0.3) is 5.92 Å². The largest absolute Gasteiger partial charge is 0.473 e. The minimum Gasteiger partial charge on any atom is -0.473 e. The first kappa shape index (κ1) is 29.7. The summed E-state index contributed by atoms with van der Waals surface area (Å²) in [4.78, 5) is 8.72. The van der Waals surface area contributed by atoms with Crippen molar-refractivity contribution >= 4 is 11.0 Å². The van der Waals surface area contributed by atoms with E-state index in [4.69, 9.17) is 4.74 Å². The number of nitrogens with zero attached hydrogens (tertiary/aromatic N) is 3. The topological polar surface area (TPSA) is 80.4 Å². The molecule has 11 heteroatoms. The van der Waals surface area contributed by atoms with Crippen LogP contribution < -0.4 is 4.74 Å². The Morgan fingerprint density at radius 1 is 0.932 bits per heavy atom. The fourth-order valence-corrected chi connectivity index (χ4v) is 5.68. The summed E-state index contributed by atoms with van der Waals surface area (Å²) in [5, 5.41) is 19.3. The molecule has 1 aliphatic carbocycles. The van der Waals surface area contributed by atoms with Crippen LogP contribution >= 0.6 is 0 Å². The lowest BCUT2D eigenvalue weighted by Gasteiger charge is -2.24. The monoisotopic (exact) mass is 609 g/mol. The summed E-state index contributed by atoms with van der Waals surface area (Å²) >= 11 is 0. The number of alkyl halides is 2. The number of aryl methyl sites for hydroxylation is 1. The van der Waals surface area contributed by atoms with Crippen molar-refractivity contribution in [2.45, 2.75) is 57.5 Å². The minimum atomic E-state index is -3.06. The molecular weight excluding hydrogens is 581 g/mol. The first-order valence-corrected chi connectivity index (χ1v) is 14.1. The molecule has 1 aliphatic rings. The molecule has 3 aromatic carbocycles. The number of rotatable bonds is 8. The average Bonchev–Trinajstić information content (AvgIpc) is 3.51. The van der Waals surface area contributed by atoms with Gasteiger partial charge in [-0.3, -0.25) is 0 Å². The Labute approximate surface area is 249 Å². The van der Waals surface area contributed by atoms with Crippen molar-refractivity contribution in [2.24, 2.45) is 0 Å². The number of aliphatic hydroxyl groups is 2. The molecule has 0 saturated heterocycles. The molecule has 1 saturated carbocycles. The van der Waals surface area contributed by atoms with Crippen molar-refractivity contribution in [3.63, 3.8) is 0 Å². The average molecular weight is 610 g/mol. The van der Waals surface area contributed by atoms with Crippen LogP contribution in [0.5, 0.6) is 5.88 Å². The normalized spacial score (nSPS) is 16.2. The first-order valence-electron chi connectivity index (χ1n) is 14.1. The number of pyridine rings is 1. The second-order valence-corrected chi connectivity index (χ2v) is 11.0. The number of ether oxygens (including phenoxy) is 1. The van der Waals surface area contributed by atoms with Crippen molar-refractivity contribution < 1.29 is 36.9 Å². The van der Waals surface area contributed by atoms with E-state index in [2.05, 4.69) is 9.97 Å². The maximum atomic E-state index is 15.5. The van der Waals surface area contributed by atoms with Crippen LogP contribution in [0.3, 0.4) is 0 Å². The summed E-state index contributed by atoms with van der Waals surface area (Å²) in [5.74, 6) is -4.89. The van der Waals surface area contributed by atoms with Gasteiger partial charge in [0.1, 0.15) is 29.9 Å². The third-order valence-corrected chi connectivity index (χ3v) is 7.94. The van der Waals surface area contributed by atoms with Crippen molar-refractivity contribution in [3.8, 4) is 17.1 Å². The van der Waals surface area contributed by atoms with E-state index in [1.807, 2.05) is 0 Å². The van der Waals surface area contributed by atoms with Crippen molar-refractivity contribution in [1.29, 1.82) is 0 Å². The van der Waals surface area contributed by atoms with Gasteiger partial charge in [-0.05, 0) is 67.3 Å². The van der Waals surface area contributed by atoms with Crippen molar-refractivity contribution in [1.82, 2.24) is 14.5 Å². The molecule has 1 unspecified atom stereocenters. The Kier molecular flexibility index (Phi) is 7.85. The number of aliphatic hydroxyl groups excluding tert-OH is 1. The predicted octanol–water partition coefficient (Wildman–Crippen LogP) is 7.34. The SMILES string of the molecule is Cc1ccc(COc2cccc(-c3cc(F)c(Cc4nc5ccc(C(O)O)cc5n4C4CCCC4(F)F)cc3F)n2)c(F)c1. The highest BCUT2D eigenvalue weighted by Crippen LogP contribution is 2.46. The molecule has 228 valence electrons. The van der Waals surface area contributed by atoms with E-state index < -0.39 is 35.7 Å². The van der Waals surface area contributed by atoms with Gasteiger partial charge in [0, 0.05) is 35.6 Å². The van der Waals surface area contributed by atoms with E-state index in [0.29, 0.717) is 11.1 Å². The molecule has 6 nitrogen and oxygen atoms in total. The van der Waals surface area contributed by atoms with Crippen LogP contribution in [0.2, 0.25) is 0 Å². The molecule has 0 spiro atoms. The van der Waals surface area contributed by atoms with Gasteiger partial charge in [-0.25, -0.2) is 31.9 Å². The zero-order chi connectivity index (χ0) is 31.2. The van der Waals surface area contributed by atoms with E-state index >= 15 is 8.78 Å². The van der Waals surface area contributed by atoms with Crippen LogP contribution in [0.25, 0.3) is 22.3 Å². The quantitative estimate of drug-likeness (QED) is 0.142. The smallest absolute Gasteiger partial charge is 0.268 e. The Hall–Kier alpha value is -4.35. The lowest BCUT2D eigenvalue weighted by molar-refractivity contribution is -0.0424. The molecule has 0 aliphatic heterocycles. The third-order valence-electron chi connectivity index (χ3n) is 7.94. The van der Waals surface area contributed by atoms with Gasteiger partial charge in [0.15, 0.2) is 6.29 Å². The number of hydrogen-bond donors (Lipinski definition) is 2. The van der Waals surface area contributed by atoms with Crippen molar-refractivity contribution in [3.05, 3.63) is 112 Å². The molecule has 0 bridgehead atoms. The van der Waals surface area contributed by atoms with Gasteiger partial charge >= 0.3 is 0 Å². The number of aromatic nitrogens is 3. The Morgan fingerprint density at radius 2 is 1.73 bits per heavy atom. The van der Waals surface area contributed by atoms with Crippen molar-refractivity contribution in [2.75, 3.05) is 0 Å². The van der Waals surface area contributed by atoms with Crippen LogP contribution in [0.1, 0.15) is 59.7 Å². The standard InChI is InChI=1S/C33H28F5N3O3/c1-18-7-8-20(23(34)12-18)17-44-31-6-2-4-26(40-31)22-16-24(35)21(13-25(22)36)15-30-39-27-10-9-19(32(42)43)14-28(27)41(30)29-5-3-11-33(29,37)38/h2,4,6-10,12-14,16,29,32,42-43H,3,5,11,15,17H2,1H3. The van der Waals surface area contributed by atoms with E-state index in [0.717, 1.165) is 17.7 Å². The maximum absolute atomic E-state index is 15.5. The second kappa shape index (κ2) is 11.6. The van der Waals surface area contributed by atoms with Crippen LogP contribution in [0.4, 0.5) is 22.0 Å². The summed E-state index contributed by atoms with van der Waals surface area (Å²) in [6.45, 7) is 1.65. The van der Waals surface area contributed by atoms with Gasteiger partial charge in [-0.15, -0.1) is 0 Å². The number of imidazole rings is 1. The fourth-order valence-electron chi connectivity index (χ4n) is 5.68. The molecular formula is C33H28F5N3O3. The number of halogens is 5. The molecule has 2 heterocycles. The van der Waals surface area contributed by atoms with Gasteiger partial charge in [-0.2, -0.15) is 0 Å². The highest BCUT2D eigenvalue weighted by Gasteiger charge is 2.46. The number of benzene rings is 3. The van der Waals surface area contributed by atoms with Crippen LogP contribution in [0, 0.1) is 24.4 Å². The van der Waals surface area contributed by atoms with Crippen LogP contribution in [0.15, 0.2) is 66.7 Å². The lowest BCUT2D eigenvalue weighted by atomic mass is 10.0. The fraction of sp³-hybridized carbons (Fsp3) is 0.273. The maximum Gasteiger partial charge on any atom is 0.268 e. The van der Waals surface area contributed by atoms with Gasteiger partial charge in [0.2, 0.25) is 5.88 Å². The van der Waals surface area contributed by atoms with E-state index in [1.165, 1.54) is 41.0 Å². The molecule has 6 rings (SSSR count). The molecule has 0 radical (unpaired) electrons. The van der Waals surface area contributed by atoms with E-state index in [1.54, 1.807) is 25.1 Å². The summed E-state index contributed by atoms with van der Waals surface area (Å²) < 4.78 is 82.0. The first-order chi connectivity index (χ1) is 21.0. The molecule has 2 aromatic heterocycles. The molecule has 44 heavy (non-hydrogen) atoms. The van der Waals surface area contributed by atoms with E-state index in [-0.39, 0.29) is 71.9 Å². The minimum absolute atomic E-state index is 0.0859. The van der Waals surface area contributed by atoms with Gasteiger partial charge in [-0.1, -0.05) is 24.3 Å². The zero-order valence-corrected chi connectivity index (χ0v) is 23.6. The highest BCUT2D eigenvalue weighted by atomic mass is 19.3. The Balaban J connectivity index is 1.31. The number of fused-ring (bicyclic) bond motifs is 1. The van der Waals surface area contributed by atoms with Crippen LogP contribution in [-0.4, -0.2) is 30.7 Å². The van der Waals surface area contributed by atoms with Gasteiger partial charge in [0.05, 0.1) is 22.8 Å². The molecule has 5 aromatic rings. The lowest BCUT2D eigenvalue weighted by Crippen LogP contribution is -2.26. The van der Waals surface area contributed by atoms with Crippen LogP contribution in [-0.2, 0) is 13.0 Å². The summed E-state index contributed by atoms with van der Waals surface area (Å²) in [7, 11) is 0. The molecule has 2 N–H and O–H groups in total. The Morgan fingerprint density at radius 3 is 2.45 bits per heavy atom. The van der Waals surface area contributed by atoms with E-state index in [9.17, 15) is 23.4 Å². The predicted molar refractivity (Wildman–Crippen MR) is 153 cm³/mol. The Bertz CT molecular complexity index is 1860. The zero-order valence-electron chi connectivity index (χ0n) is 23.6. The molecule has 0 amide bonds.